The Hall–Kier alpha value is -14.0. The molecule has 25 N–H and O–H groups in total. The molecule has 3 unspecified atom stereocenters. The SMILES string of the molecule is CCCC[C@H]1C(=O)N(C)[C@@H](CCCC)C(=O)NC(CCCNC(=N)N)C(=O)N[C@H](C(=O)NCC(N)=O)CSCC(=O)N[C@@H](Cc2ccc(O)cc2)C(=O)N(C)[C@@H](C)C(=O)N[C@@H](CC(N)=O)C(=O)N2CCCC2C(=O)N[C@@H](CN)C(=O)N[C@@H](CC(C)C)C(=O)N2C[C@H](O)CC2C(=O)N[C@@H](Cc2c[nH]c3ccccc23)C(=O)N[C@@H](CO)C(=O)N[C@@H](Cc2c(-c3ccc(OCC)cc3)[nH]c3ccccc23)C(=O)N1C. The number of aliphatic hydroxyl groups excluding tert-OH is 2. The number of thioether (sulfide) groups is 1. The fraction of sp³-hybridized carbons (Fsp3) is 0.521. The average molecular weight is 1980 g/mol. The van der Waals surface area contributed by atoms with Gasteiger partial charge in [-0.15, -0.1) is 11.8 Å². The number of aromatic amines is 2. The van der Waals surface area contributed by atoms with Gasteiger partial charge < -0.3 is 136 Å². The van der Waals surface area contributed by atoms with Gasteiger partial charge in [0.1, 0.15) is 96.1 Å². The average Bonchev–Trinajstić information content (AvgIpc) is 1.08. The van der Waals surface area contributed by atoms with Crippen molar-refractivity contribution in [2.75, 3.05) is 78.6 Å². The summed E-state index contributed by atoms with van der Waals surface area (Å²) in [5.41, 5.74) is 26.7. The predicted octanol–water partition coefficient (Wildman–Crippen LogP) is -1.87. The monoisotopic (exact) mass is 1980 g/mol. The molecule has 44 nitrogen and oxygen atoms in total. The van der Waals surface area contributed by atoms with E-state index in [9.17, 15) is 58.5 Å². The molecule has 3 saturated heterocycles. The highest BCUT2D eigenvalue weighted by atomic mass is 32.2. The zero-order valence-electron chi connectivity index (χ0n) is 80.9. The summed E-state index contributed by atoms with van der Waals surface area (Å²) in [5.74, 6) is -17.8. The summed E-state index contributed by atoms with van der Waals surface area (Å²) in [4.78, 5) is 263. The van der Waals surface area contributed by atoms with Crippen molar-refractivity contribution < 1.29 is 102 Å². The first-order valence-electron chi connectivity index (χ1n) is 47.5. The molecule has 0 radical (unpaired) electrons. The number of phenolic OH excluding ortho intramolecular Hbond substituents is 1. The first-order chi connectivity index (χ1) is 67.2. The second kappa shape index (κ2) is 52.9. The van der Waals surface area contributed by atoms with Crippen LogP contribution in [0.1, 0.15) is 142 Å². The van der Waals surface area contributed by atoms with E-state index < -0.39 is 248 Å². The number of unbranched alkanes of at least 4 members (excludes halogenated alkanes) is 2. The highest BCUT2D eigenvalue weighted by molar-refractivity contribution is 8.00. The number of rotatable bonds is 28. The molecule has 0 spiro atoms. The van der Waals surface area contributed by atoms with Crippen molar-refractivity contribution in [3.63, 3.8) is 0 Å². The van der Waals surface area contributed by atoms with E-state index in [0.717, 1.165) is 36.3 Å². The Bertz CT molecular complexity index is 5450. The van der Waals surface area contributed by atoms with Crippen LogP contribution < -0.4 is 86.2 Å². The number of para-hydroxylation sites is 2. The van der Waals surface area contributed by atoms with Crippen molar-refractivity contribution in [2.24, 2.45) is 28.9 Å². The molecular weight excluding hydrogens is 1840 g/mol. The van der Waals surface area contributed by atoms with Crippen molar-refractivity contribution >= 4 is 140 Å². The maximum absolute atomic E-state index is 16.3. The molecule has 0 saturated carbocycles. The number of phenols is 1. The van der Waals surface area contributed by atoms with Crippen LogP contribution in [0.15, 0.2) is 103 Å². The molecule has 4 aromatic carbocycles. The minimum absolute atomic E-state index is 0.0216. The van der Waals surface area contributed by atoms with Crippen molar-refractivity contribution in [2.45, 2.75) is 235 Å². The van der Waals surface area contributed by atoms with Gasteiger partial charge in [0.15, 0.2) is 5.96 Å². The van der Waals surface area contributed by atoms with Crippen LogP contribution in [0.3, 0.4) is 0 Å². The molecule has 0 bridgehead atoms. The zero-order chi connectivity index (χ0) is 103. The van der Waals surface area contributed by atoms with Crippen molar-refractivity contribution in [1.82, 2.24) is 93.0 Å². The van der Waals surface area contributed by atoms with E-state index in [2.05, 4.69) is 68.5 Å². The van der Waals surface area contributed by atoms with Gasteiger partial charge in [0.25, 0.3) is 0 Å². The molecule has 3 aliphatic rings. The van der Waals surface area contributed by atoms with Gasteiger partial charge in [-0.25, -0.2) is 0 Å². The number of nitrogens with one attached hydrogen (secondary N) is 14. The zero-order valence-corrected chi connectivity index (χ0v) is 81.7. The molecule has 2 aromatic heterocycles. The number of nitrogens with two attached hydrogens (primary N) is 4. The predicted molar refractivity (Wildman–Crippen MR) is 523 cm³/mol. The molecule has 15 atom stereocenters. The summed E-state index contributed by atoms with van der Waals surface area (Å²) in [6, 6.07) is 4.50. The largest absolute Gasteiger partial charge is 0.508 e. The molecule has 766 valence electrons. The number of benzene rings is 4. The normalized spacial score (nSPS) is 24.2. The summed E-state index contributed by atoms with van der Waals surface area (Å²) in [6.45, 7) is 7.49. The van der Waals surface area contributed by atoms with Crippen LogP contribution in [0.25, 0.3) is 33.1 Å². The number of aliphatic hydroxyl groups is 2. The number of amides is 17. The topological polar surface area (TPSA) is 668 Å². The number of carbonyl (C=O) groups excluding carboxylic acids is 17. The lowest BCUT2D eigenvalue weighted by molar-refractivity contribution is -0.149. The number of likely N-dealkylation sites (N-methyl/N-ethyl adjacent to an activating group) is 3. The molecule has 141 heavy (non-hydrogen) atoms. The van der Waals surface area contributed by atoms with Gasteiger partial charge in [0, 0.05) is 112 Å². The highest BCUT2D eigenvalue weighted by Gasteiger charge is 2.47. The minimum Gasteiger partial charge on any atom is -0.508 e. The lowest BCUT2D eigenvalue weighted by Gasteiger charge is -2.36. The van der Waals surface area contributed by atoms with Crippen molar-refractivity contribution in [3.8, 4) is 22.8 Å². The van der Waals surface area contributed by atoms with Crippen molar-refractivity contribution in [3.05, 3.63) is 120 Å². The maximum atomic E-state index is 16.3. The molecule has 3 fully saturated rings. The lowest BCUT2D eigenvalue weighted by Crippen LogP contribution is -2.62. The number of aromatic hydroxyl groups is 1. The summed E-state index contributed by atoms with van der Waals surface area (Å²) < 4.78 is 5.80. The number of H-pyrrole nitrogens is 2. The number of hydrogen-bond donors (Lipinski definition) is 21. The van der Waals surface area contributed by atoms with Gasteiger partial charge in [0.05, 0.1) is 38.0 Å². The standard InChI is InChI=1S/C96H135N23O21S/c1-10-13-26-74-88(132)107-65(25-19-37-102-96(100)101)84(128)114-73(83(127)104-47-79(99)124)50-141-51-80(125)105-68(40-54-29-33-57(121)34-30-54)91(135)115(7)53(6)82(126)109-70(44-78(98)123)93(137)118-38-20-28-75(118)89(133)112-71(45-97)86(130)110-67(39-52(4)5)94(138)119-48-58(122)42-77(119)90(134)108-66(41-56-46-103-63-23-17-15-21-60(56)63)85(129)113-72(49-120)87(131)111-69(92(136)117(9)76(27-14-11-2)95(139)116(74)8)43-62-61-22-16-18-24-64(61)106-81(62)55-31-35-59(36-32-55)140-12-3/h15-18,21-24,29-36,46,52-53,58,65-77,103,106,120-122H,10-14,19-20,25-28,37-45,47-51,97H2,1-9H3,(H2,98,123)(H2,99,124)(H,104,127)(H,105,125)(H,107,132)(H,108,134)(H,109,126)(H,110,130)(H,111,131)(H,112,133)(H,113,129)(H,114,128)(H4,100,101,102)/t53-,58+,65?,66-,67-,68-,69-,70-,71-,72-,73-,74-,75?,76-,77?/m0/s1. The fourth-order valence-electron chi connectivity index (χ4n) is 17.4. The molecular formula is C96H135N23O21S. The Kier molecular flexibility index (Phi) is 41.5. The molecule has 0 aliphatic carbocycles. The third-order valence-corrected chi connectivity index (χ3v) is 26.2. The lowest BCUT2D eigenvalue weighted by atomic mass is 9.96. The number of aromatic nitrogens is 2. The first-order valence-corrected chi connectivity index (χ1v) is 48.6. The van der Waals surface area contributed by atoms with Crippen LogP contribution >= 0.6 is 11.8 Å². The molecule has 45 heteroatoms. The van der Waals surface area contributed by atoms with Gasteiger partial charge in [-0.05, 0) is 135 Å². The van der Waals surface area contributed by atoms with E-state index in [0.29, 0.717) is 87.8 Å². The first kappa shape index (κ1) is 111. The number of carbonyl (C=O) groups is 17. The van der Waals surface area contributed by atoms with Crippen LogP contribution in [0.2, 0.25) is 0 Å². The molecule has 9 rings (SSSR count). The van der Waals surface area contributed by atoms with Gasteiger partial charge in [0.2, 0.25) is 100 Å². The van der Waals surface area contributed by atoms with E-state index in [1.807, 2.05) is 20.8 Å². The Balaban J connectivity index is 1.13. The number of hydrogen-bond acceptors (Lipinski definition) is 24. The van der Waals surface area contributed by atoms with E-state index in [4.69, 9.17) is 33.1 Å². The third-order valence-electron chi connectivity index (χ3n) is 25.2. The Morgan fingerprint density at radius 2 is 1.14 bits per heavy atom. The van der Waals surface area contributed by atoms with E-state index in [-0.39, 0.29) is 89.0 Å². The number of guanidine groups is 1. The summed E-state index contributed by atoms with van der Waals surface area (Å²) in [5, 5.41) is 71.2. The molecule has 6 aromatic rings. The number of nitrogens with zero attached hydrogens (tertiary/aromatic N) is 5. The quantitative estimate of drug-likeness (QED) is 0.0145. The van der Waals surface area contributed by atoms with E-state index >= 15 is 38.4 Å². The van der Waals surface area contributed by atoms with E-state index in [1.165, 1.54) is 52.3 Å². The van der Waals surface area contributed by atoms with Gasteiger partial charge in [-0.1, -0.05) is 102 Å². The van der Waals surface area contributed by atoms with E-state index in [1.54, 1.807) is 92.8 Å². The van der Waals surface area contributed by atoms with Gasteiger partial charge >= 0.3 is 0 Å². The second-order valence-corrected chi connectivity index (χ2v) is 37.1. The Labute approximate surface area is 820 Å². The Morgan fingerprint density at radius 1 is 0.567 bits per heavy atom. The summed E-state index contributed by atoms with van der Waals surface area (Å²) in [6.07, 6.45) is -0.670. The van der Waals surface area contributed by atoms with Crippen LogP contribution in [0, 0.1) is 11.3 Å². The van der Waals surface area contributed by atoms with Crippen molar-refractivity contribution in [1.29, 1.82) is 5.41 Å². The maximum Gasteiger partial charge on any atom is 0.246 e. The summed E-state index contributed by atoms with van der Waals surface area (Å²) >= 11 is 0.756. The van der Waals surface area contributed by atoms with Crippen LogP contribution in [-0.4, -0.2) is 325 Å². The number of fused-ring (bicyclic) bond motifs is 4. The van der Waals surface area contributed by atoms with Crippen LogP contribution in [0.5, 0.6) is 11.5 Å². The highest BCUT2D eigenvalue weighted by Crippen LogP contribution is 2.34. The smallest absolute Gasteiger partial charge is 0.246 e. The number of primary amides is 2. The number of ether oxygens (including phenoxy) is 1. The molecule has 3 aliphatic heterocycles. The van der Waals surface area contributed by atoms with Crippen LogP contribution in [0.4, 0.5) is 0 Å². The Morgan fingerprint density at radius 3 is 1.79 bits per heavy atom. The molecule has 17 amide bonds. The fourth-order valence-corrected chi connectivity index (χ4v) is 18.3. The van der Waals surface area contributed by atoms with Gasteiger partial charge in [-0.2, -0.15) is 0 Å². The minimum atomic E-state index is -1.94. The summed E-state index contributed by atoms with van der Waals surface area (Å²) in [7, 11) is 3.90. The molecule has 5 heterocycles. The van der Waals surface area contributed by atoms with Gasteiger partial charge in [-0.3, -0.25) is 86.9 Å². The second-order valence-electron chi connectivity index (χ2n) is 36.1. The van der Waals surface area contributed by atoms with Crippen LogP contribution in [-0.2, 0) is 101 Å². The third kappa shape index (κ3) is 30.5.